The fourth-order valence-electron chi connectivity index (χ4n) is 2.71. The first-order valence-corrected chi connectivity index (χ1v) is 8.38. The van der Waals surface area contributed by atoms with Gasteiger partial charge in [-0.05, 0) is 20.3 Å². The van der Waals surface area contributed by atoms with Crippen LogP contribution in [0.15, 0.2) is 29.8 Å². The summed E-state index contributed by atoms with van der Waals surface area (Å²) in [4.78, 5) is 27.1. The van der Waals surface area contributed by atoms with E-state index < -0.39 is 0 Å². The van der Waals surface area contributed by atoms with Gasteiger partial charge in [-0.3, -0.25) is 4.79 Å². The van der Waals surface area contributed by atoms with E-state index in [4.69, 9.17) is 0 Å². The summed E-state index contributed by atoms with van der Waals surface area (Å²) in [5.41, 5.74) is 1.55. The van der Waals surface area contributed by atoms with Crippen LogP contribution in [0.4, 0.5) is 10.9 Å². The van der Waals surface area contributed by atoms with Gasteiger partial charge in [0.25, 0.3) is 0 Å². The fourth-order valence-corrected chi connectivity index (χ4v) is 3.25. The van der Waals surface area contributed by atoms with Crippen molar-refractivity contribution in [1.82, 2.24) is 19.9 Å². The molecule has 23 heavy (non-hydrogen) atoms. The third-order valence-corrected chi connectivity index (χ3v) is 4.47. The Morgan fingerprint density at radius 2 is 2.30 bits per heavy atom. The predicted molar refractivity (Wildman–Crippen MR) is 90.9 cm³/mol. The molecule has 3 rings (SSSR count). The van der Waals surface area contributed by atoms with Crippen LogP contribution >= 0.6 is 11.3 Å². The van der Waals surface area contributed by atoms with Crippen molar-refractivity contribution in [3.8, 4) is 0 Å². The van der Waals surface area contributed by atoms with E-state index in [-0.39, 0.29) is 11.8 Å². The lowest BCUT2D eigenvalue weighted by atomic mass is 10.0. The van der Waals surface area contributed by atoms with E-state index in [1.807, 2.05) is 23.3 Å². The molecule has 1 atom stereocenters. The van der Waals surface area contributed by atoms with Crippen LogP contribution < -0.4 is 5.32 Å². The highest BCUT2D eigenvalue weighted by Gasteiger charge is 2.28. The van der Waals surface area contributed by atoms with Crippen LogP contribution in [-0.4, -0.2) is 38.8 Å². The Kier molecular flexibility index (Phi) is 4.38. The van der Waals surface area contributed by atoms with Crippen LogP contribution in [0.2, 0.25) is 0 Å². The van der Waals surface area contributed by atoms with Gasteiger partial charge >= 0.3 is 0 Å². The molecule has 1 amide bonds. The van der Waals surface area contributed by atoms with Crippen LogP contribution in [0, 0.1) is 6.92 Å². The highest BCUT2D eigenvalue weighted by atomic mass is 32.1. The van der Waals surface area contributed by atoms with Crippen molar-refractivity contribution >= 4 is 28.2 Å². The number of aryl methyl sites for hydroxylation is 1. The minimum absolute atomic E-state index is 0.0272. The van der Waals surface area contributed by atoms with Crippen LogP contribution in [-0.2, 0) is 4.79 Å². The summed E-state index contributed by atoms with van der Waals surface area (Å²) in [7, 11) is 0. The van der Waals surface area contributed by atoms with Gasteiger partial charge in [-0.15, -0.1) is 11.3 Å². The lowest BCUT2D eigenvalue weighted by molar-refractivity contribution is -0.126. The molecule has 1 aliphatic heterocycles. The number of hydrogen-bond acceptors (Lipinski definition) is 6. The molecule has 6 nitrogen and oxygen atoms in total. The van der Waals surface area contributed by atoms with Crippen LogP contribution in [0.25, 0.3) is 0 Å². The Morgan fingerprint density at radius 3 is 3.00 bits per heavy atom. The smallest absolute Gasteiger partial charge is 0.248 e. The van der Waals surface area contributed by atoms with Crippen molar-refractivity contribution in [2.24, 2.45) is 0 Å². The second-order valence-electron chi connectivity index (χ2n) is 5.70. The standard InChI is InChI=1S/C16H19N5OS/c1-10(2)15(22)21-6-4-12(9-21)13-8-14(19-11(3)18-13)20-16-17-5-7-23-16/h5,7-8,12H,1,4,6,9H2,2-3H3,(H,17,18,19,20). The van der Waals surface area contributed by atoms with Gasteiger partial charge in [0.05, 0.1) is 5.69 Å². The number of aromatic nitrogens is 3. The van der Waals surface area contributed by atoms with Crippen molar-refractivity contribution in [3.63, 3.8) is 0 Å². The average Bonchev–Trinajstić information content (AvgIpc) is 3.16. The SMILES string of the molecule is C=C(C)C(=O)N1CCC(c2cc(Nc3nccs3)nc(C)n2)C1. The van der Waals surface area contributed by atoms with Gasteiger partial charge < -0.3 is 10.2 Å². The molecule has 0 radical (unpaired) electrons. The number of carbonyl (C=O) groups excluding carboxylic acids is 1. The molecule has 1 N–H and O–H groups in total. The predicted octanol–water partition coefficient (Wildman–Crippen LogP) is 2.88. The van der Waals surface area contributed by atoms with Crippen LogP contribution in [0.5, 0.6) is 0 Å². The van der Waals surface area contributed by atoms with Gasteiger partial charge in [-0.2, -0.15) is 0 Å². The largest absolute Gasteiger partial charge is 0.338 e. The zero-order chi connectivity index (χ0) is 16.4. The molecule has 7 heteroatoms. The number of anilines is 2. The topological polar surface area (TPSA) is 71.0 Å². The maximum Gasteiger partial charge on any atom is 0.248 e. The molecule has 1 aliphatic rings. The quantitative estimate of drug-likeness (QED) is 0.873. The number of nitrogens with zero attached hydrogens (tertiary/aromatic N) is 4. The van der Waals surface area contributed by atoms with Crippen molar-refractivity contribution in [3.05, 3.63) is 41.3 Å². The molecule has 0 bridgehead atoms. The number of likely N-dealkylation sites (tertiary alicyclic amines) is 1. The Bertz CT molecular complexity index is 728. The van der Waals surface area contributed by atoms with Crippen LogP contribution in [0.1, 0.15) is 30.8 Å². The third kappa shape index (κ3) is 3.56. The summed E-state index contributed by atoms with van der Waals surface area (Å²) in [6.45, 7) is 8.79. The normalized spacial score (nSPS) is 17.3. The van der Waals surface area contributed by atoms with Gasteiger partial charge in [0, 0.05) is 42.2 Å². The second kappa shape index (κ2) is 6.45. The summed E-state index contributed by atoms with van der Waals surface area (Å²) < 4.78 is 0. The Morgan fingerprint density at radius 1 is 1.48 bits per heavy atom. The van der Waals surface area contributed by atoms with E-state index in [0.717, 1.165) is 29.6 Å². The first kappa shape index (κ1) is 15.6. The molecule has 3 heterocycles. The monoisotopic (exact) mass is 329 g/mol. The van der Waals surface area contributed by atoms with Crippen molar-refractivity contribution in [2.45, 2.75) is 26.2 Å². The number of hydrogen-bond donors (Lipinski definition) is 1. The Hall–Kier alpha value is -2.28. The van der Waals surface area contributed by atoms with E-state index in [1.165, 1.54) is 11.3 Å². The Balaban J connectivity index is 1.77. The van der Waals surface area contributed by atoms with Gasteiger partial charge in [-0.25, -0.2) is 15.0 Å². The van der Waals surface area contributed by atoms with Gasteiger partial charge in [-0.1, -0.05) is 6.58 Å². The number of thiazole rings is 1. The molecule has 0 spiro atoms. The maximum atomic E-state index is 12.0. The van der Waals surface area contributed by atoms with Gasteiger partial charge in [0.2, 0.25) is 5.91 Å². The van der Waals surface area contributed by atoms with E-state index in [2.05, 4.69) is 26.8 Å². The van der Waals surface area contributed by atoms with Gasteiger partial charge in [0.15, 0.2) is 5.13 Å². The number of carbonyl (C=O) groups is 1. The minimum Gasteiger partial charge on any atom is -0.338 e. The number of nitrogens with one attached hydrogen (secondary N) is 1. The van der Waals surface area contributed by atoms with Crippen molar-refractivity contribution < 1.29 is 4.79 Å². The summed E-state index contributed by atoms with van der Waals surface area (Å²) in [5.74, 6) is 1.72. The molecule has 120 valence electrons. The first-order valence-electron chi connectivity index (χ1n) is 7.50. The molecular weight excluding hydrogens is 310 g/mol. The summed E-state index contributed by atoms with van der Waals surface area (Å²) in [6.07, 6.45) is 2.66. The molecule has 0 aromatic carbocycles. The molecule has 1 saturated heterocycles. The van der Waals surface area contributed by atoms with Gasteiger partial charge in [0.1, 0.15) is 11.6 Å². The second-order valence-corrected chi connectivity index (χ2v) is 6.60. The summed E-state index contributed by atoms with van der Waals surface area (Å²) in [5, 5.41) is 5.92. The molecule has 1 unspecified atom stereocenters. The Labute approximate surface area is 139 Å². The zero-order valence-electron chi connectivity index (χ0n) is 13.2. The molecule has 0 aliphatic carbocycles. The third-order valence-electron chi connectivity index (χ3n) is 3.78. The molecule has 0 saturated carbocycles. The number of amides is 1. The highest BCUT2D eigenvalue weighted by Crippen LogP contribution is 2.28. The maximum absolute atomic E-state index is 12.0. The van der Waals surface area contributed by atoms with E-state index in [0.29, 0.717) is 17.9 Å². The van der Waals surface area contributed by atoms with E-state index >= 15 is 0 Å². The lowest BCUT2D eigenvalue weighted by Gasteiger charge is -2.16. The molecule has 1 fully saturated rings. The zero-order valence-corrected chi connectivity index (χ0v) is 14.1. The minimum atomic E-state index is 0.0272. The van der Waals surface area contributed by atoms with E-state index in [9.17, 15) is 4.79 Å². The lowest BCUT2D eigenvalue weighted by Crippen LogP contribution is -2.28. The fraction of sp³-hybridized carbons (Fsp3) is 0.375. The average molecular weight is 329 g/mol. The highest BCUT2D eigenvalue weighted by molar-refractivity contribution is 7.13. The van der Waals surface area contributed by atoms with Crippen LogP contribution in [0.3, 0.4) is 0 Å². The summed E-state index contributed by atoms with van der Waals surface area (Å²) in [6, 6.07) is 1.95. The first-order chi connectivity index (χ1) is 11.0. The van der Waals surface area contributed by atoms with E-state index in [1.54, 1.807) is 13.1 Å². The molecular formula is C16H19N5OS. The molecule has 2 aromatic heterocycles. The van der Waals surface area contributed by atoms with Crippen molar-refractivity contribution in [1.29, 1.82) is 0 Å². The number of rotatable bonds is 4. The molecule has 2 aromatic rings. The van der Waals surface area contributed by atoms with Crippen molar-refractivity contribution in [2.75, 3.05) is 18.4 Å². The summed E-state index contributed by atoms with van der Waals surface area (Å²) >= 11 is 1.52.